The first-order valence-electron chi connectivity index (χ1n) is 4.36. The van der Waals surface area contributed by atoms with E-state index < -0.39 is 6.17 Å². The van der Waals surface area contributed by atoms with Gasteiger partial charge in [-0.3, -0.25) is 0 Å². The Balaban J connectivity index is 2.28. The van der Waals surface area contributed by atoms with Crippen LogP contribution in [0.25, 0.3) is 0 Å². The maximum Gasteiger partial charge on any atom is 0.128 e. The number of hydrogen-bond donors (Lipinski definition) is 1. The molecule has 2 atom stereocenters. The van der Waals surface area contributed by atoms with Gasteiger partial charge in [0, 0.05) is 12.6 Å². The van der Waals surface area contributed by atoms with Crippen LogP contribution in [0.1, 0.15) is 19.8 Å². The van der Waals surface area contributed by atoms with E-state index in [1.54, 1.807) is 0 Å². The summed E-state index contributed by atoms with van der Waals surface area (Å²) < 4.78 is 13.0. The molecule has 1 rings (SSSR count). The summed E-state index contributed by atoms with van der Waals surface area (Å²) in [5.74, 6) is 0. The summed E-state index contributed by atoms with van der Waals surface area (Å²) in [6.45, 7) is 4.62. The highest BCUT2D eigenvalue weighted by atomic mass is 19.1. The van der Waals surface area contributed by atoms with E-state index in [4.69, 9.17) is 5.73 Å². The summed E-state index contributed by atoms with van der Waals surface area (Å²) in [5.41, 5.74) is 5.53. The molecule has 1 aliphatic rings. The lowest BCUT2D eigenvalue weighted by Gasteiger charge is -2.32. The van der Waals surface area contributed by atoms with Crippen molar-refractivity contribution in [2.75, 3.05) is 19.6 Å². The van der Waals surface area contributed by atoms with Crippen molar-refractivity contribution in [2.24, 2.45) is 5.73 Å². The van der Waals surface area contributed by atoms with E-state index in [2.05, 4.69) is 11.8 Å². The molecule has 0 spiro atoms. The monoisotopic (exact) mass is 160 g/mol. The van der Waals surface area contributed by atoms with Crippen LogP contribution in [0.5, 0.6) is 0 Å². The van der Waals surface area contributed by atoms with E-state index in [9.17, 15) is 4.39 Å². The van der Waals surface area contributed by atoms with Crippen molar-refractivity contribution in [1.29, 1.82) is 0 Å². The van der Waals surface area contributed by atoms with Crippen molar-refractivity contribution < 1.29 is 4.39 Å². The van der Waals surface area contributed by atoms with Crippen LogP contribution >= 0.6 is 0 Å². The lowest BCUT2D eigenvalue weighted by atomic mass is 10.0. The Bertz CT molecular complexity index is 119. The number of piperidine rings is 1. The van der Waals surface area contributed by atoms with Crippen molar-refractivity contribution in [3.63, 3.8) is 0 Å². The molecule has 0 aromatic rings. The molecule has 1 heterocycles. The molecule has 0 aliphatic carbocycles. The van der Waals surface area contributed by atoms with Gasteiger partial charge in [-0.15, -0.1) is 0 Å². The van der Waals surface area contributed by atoms with Crippen LogP contribution in [0.4, 0.5) is 4.39 Å². The molecule has 1 fully saturated rings. The highest BCUT2D eigenvalue weighted by Crippen LogP contribution is 2.11. The molecule has 0 saturated carbocycles. The number of hydrogen-bond acceptors (Lipinski definition) is 2. The molecule has 1 aliphatic heterocycles. The molecule has 2 N–H and O–H groups in total. The normalized spacial score (nSPS) is 34.1. The zero-order chi connectivity index (χ0) is 8.27. The van der Waals surface area contributed by atoms with Gasteiger partial charge < -0.3 is 10.6 Å². The Hall–Kier alpha value is -0.150. The standard InChI is InChI=1S/C8H17FN2/c1-2-4-11-5-3-8(10)7(9)6-11/h7-8H,2-6,10H2,1H3/t7-,8-/m1/s1. The van der Waals surface area contributed by atoms with Gasteiger partial charge in [0.05, 0.1) is 0 Å². The Morgan fingerprint density at radius 1 is 1.64 bits per heavy atom. The molecule has 11 heavy (non-hydrogen) atoms. The summed E-state index contributed by atoms with van der Waals surface area (Å²) in [7, 11) is 0. The summed E-state index contributed by atoms with van der Waals surface area (Å²) in [6, 6.07) is -0.219. The fourth-order valence-electron chi connectivity index (χ4n) is 1.51. The first-order chi connectivity index (χ1) is 5.24. The molecular weight excluding hydrogens is 143 g/mol. The van der Waals surface area contributed by atoms with Crippen LogP contribution in [0.3, 0.4) is 0 Å². The molecule has 0 aromatic carbocycles. The van der Waals surface area contributed by atoms with Gasteiger partial charge in [-0.1, -0.05) is 6.92 Å². The second kappa shape index (κ2) is 4.02. The molecule has 0 bridgehead atoms. The summed E-state index contributed by atoms with van der Waals surface area (Å²) in [6.07, 6.45) is 1.10. The van der Waals surface area contributed by atoms with Crippen molar-refractivity contribution in [3.05, 3.63) is 0 Å². The SMILES string of the molecule is CCCN1CC[C@@H](N)[C@H](F)C1. The van der Waals surface area contributed by atoms with Crippen molar-refractivity contribution in [3.8, 4) is 0 Å². The third kappa shape index (κ3) is 2.42. The lowest BCUT2D eigenvalue weighted by molar-refractivity contribution is 0.120. The summed E-state index contributed by atoms with van der Waals surface area (Å²) >= 11 is 0. The number of likely N-dealkylation sites (tertiary alicyclic amines) is 1. The lowest BCUT2D eigenvalue weighted by Crippen LogP contribution is -2.48. The van der Waals surface area contributed by atoms with E-state index in [0.717, 1.165) is 25.9 Å². The van der Waals surface area contributed by atoms with E-state index in [0.29, 0.717) is 6.54 Å². The van der Waals surface area contributed by atoms with Gasteiger partial charge >= 0.3 is 0 Å². The van der Waals surface area contributed by atoms with E-state index in [1.807, 2.05) is 0 Å². The van der Waals surface area contributed by atoms with Crippen LogP contribution in [-0.4, -0.2) is 36.7 Å². The van der Waals surface area contributed by atoms with Gasteiger partial charge in [-0.05, 0) is 25.9 Å². The zero-order valence-electron chi connectivity index (χ0n) is 7.09. The number of nitrogens with two attached hydrogens (primary N) is 1. The largest absolute Gasteiger partial charge is 0.325 e. The molecule has 66 valence electrons. The van der Waals surface area contributed by atoms with Gasteiger partial charge in [-0.25, -0.2) is 4.39 Å². The first-order valence-corrected chi connectivity index (χ1v) is 4.36. The third-order valence-electron chi connectivity index (χ3n) is 2.22. The summed E-state index contributed by atoms with van der Waals surface area (Å²) in [4.78, 5) is 2.15. The van der Waals surface area contributed by atoms with Crippen molar-refractivity contribution in [1.82, 2.24) is 4.90 Å². The molecule has 2 nitrogen and oxygen atoms in total. The fraction of sp³-hybridized carbons (Fsp3) is 1.00. The second-order valence-corrected chi connectivity index (χ2v) is 3.27. The van der Waals surface area contributed by atoms with Crippen LogP contribution in [0.15, 0.2) is 0 Å². The van der Waals surface area contributed by atoms with Crippen LogP contribution in [0.2, 0.25) is 0 Å². The maximum absolute atomic E-state index is 13.0. The van der Waals surface area contributed by atoms with Gasteiger partial charge in [0.25, 0.3) is 0 Å². The topological polar surface area (TPSA) is 29.3 Å². The van der Waals surface area contributed by atoms with Gasteiger partial charge in [0.1, 0.15) is 6.17 Å². The first kappa shape index (κ1) is 8.94. The smallest absolute Gasteiger partial charge is 0.128 e. The quantitative estimate of drug-likeness (QED) is 0.646. The Kier molecular flexibility index (Phi) is 3.27. The van der Waals surface area contributed by atoms with Crippen molar-refractivity contribution >= 4 is 0 Å². The van der Waals surface area contributed by atoms with E-state index >= 15 is 0 Å². The average molecular weight is 160 g/mol. The minimum Gasteiger partial charge on any atom is -0.325 e. The maximum atomic E-state index is 13.0. The highest BCUT2D eigenvalue weighted by molar-refractivity contribution is 4.82. The molecule has 3 heteroatoms. The molecule has 0 aromatic heterocycles. The minimum atomic E-state index is -0.810. The molecule has 0 amide bonds. The molecular formula is C8H17FN2. The predicted molar refractivity (Wildman–Crippen MR) is 44.2 cm³/mol. The van der Waals surface area contributed by atoms with E-state index in [1.165, 1.54) is 0 Å². The van der Waals surface area contributed by atoms with Crippen molar-refractivity contribution in [2.45, 2.75) is 32.0 Å². The molecule has 0 radical (unpaired) electrons. The van der Waals surface area contributed by atoms with Gasteiger partial charge in [0.15, 0.2) is 0 Å². The number of rotatable bonds is 2. The fourth-order valence-corrected chi connectivity index (χ4v) is 1.51. The number of nitrogens with zero attached hydrogens (tertiary/aromatic N) is 1. The average Bonchev–Trinajstić information content (AvgIpc) is 1.98. The highest BCUT2D eigenvalue weighted by Gasteiger charge is 2.25. The van der Waals surface area contributed by atoms with Crippen LogP contribution < -0.4 is 5.73 Å². The number of alkyl halides is 1. The van der Waals surface area contributed by atoms with Gasteiger partial charge in [-0.2, -0.15) is 0 Å². The number of halogens is 1. The van der Waals surface area contributed by atoms with E-state index in [-0.39, 0.29) is 6.04 Å². The Labute approximate surface area is 67.6 Å². The minimum absolute atomic E-state index is 0.219. The second-order valence-electron chi connectivity index (χ2n) is 3.27. The third-order valence-corrected chi connectivity index (χ3v) is 2.22. The van der Waals surface area contributed by atoms with Gasteiger partial charge in [0.2, 0.25) is 0 Å². The molecule has 1 saturated heterocycles. The summed E-state index contributed by atoms with van der Waals surface area (Å²) in [5, 5.41) is 0. The van der Waals surface area contributed by atoms with Crippen LogP contribution in [-0.2, 0) is 0 Å². The predicted octanol–water partition coefficient (Wildman–Crippen LogP) is 0.767. The zero-order valence-corrected chi connectivity index (χ0v) is 7.09. The van der Waals surface area contributed by atoms with Crippen LogP contribution in [0, 0.1) is 0 Å². The molecule has 0 unspecified atom stereocenters. The Morgan fingerprint density at radius 3 is 2.91 bits per heavy atom. The Morgan fingerprint density at radius 2 is 2.36 bits per heavy atom.